The summed E-state index contributed by atoms with van der Waals surface area (Å²) >= 11 is 0. The molecule has 19 heavy (non-hydrogen) atoms. The van der Waals surface area contributed by atoms with Crippen LogP contribution in [-0.2, 0) is 9.47 Å². The van der Waals surface area contributed by atoms with Crippen molar-refractivity contribution < 1.29 is 18.7 Å². The SMILES string of the molecule is O=C(CCCOCC1CCOC1)c1ccc(F)cc1. The maximum Gasteiger partial charge on any atom is 0.162 e. The van der Waals surface area contributed by atoms with Crippen LogP contribution in [0, 0.1) is 11.7 Å². The van der Waals surface area contributed by atoms with E-state index in [1.807, 2.05) is 0 Å². The molecule has 4 heteroatoms. The van der Waals surface area contributed by atoms with Gasteiger partial charge in [-0.05, 0) is 37.1 Å². The molecule has 0 amide bonds. The van der Waals surface area contributed by atoms with Gasteiger partial charge < -0.3 is 9.47 Å². The van der Waals surface area contributed by atoms with Gasteiger partial charge in [0, 0.05) is 31.1 Å². The zero-order chi connectivity index (χ0) is 13.5. The molecule has 0 aromatic heterocycles. The van der Waals surface area contributed by atoms with Crippen LogP contribution in [0.15, 0.2) is 24.3 Å². The highest BCUT2D eigenvalue weighted by atomic mass is 19.1. The maximum atomic E-state index is 12.7. The fourth-order valence-electron chi connectivity index (χ4n) is 2.08. The zero-order valence-corrected chi connectivity index (χ0v) is 10.9. The first-order valence-corrected chi connectivity index (χ1v) is 6.70. The molecule has 2 rings (SSSR count). The van der Waals surface area contributed by atoms with Gasteiger partial charge in [-0.15, -0.1) is 0 Å². The van der Waals surface area contributed by atoms with Gasteiger partial charge in [0.15, 0.2) is 5.78 Å². The number of ketones is 1. The van der Waals surface area contributed by atoms with Crippen molar-refractivity contribution in [1.29, 1.82) is 0 Å². The zero-order valence-electron chi connectivity index (χ0n) is 10.9. The number of carbonyl (C=O) groups is 1. The Labute approximate surface area is 112 Å². The fourth-order valence-corrected chi connectivity index (χ4v) is 2.08. The molecule has 1 unspecified atom stereocenters. The summed E-state index contributed by atoms with van der Waals surface area (Å²) in [4.78, 5) is 11.8. The Morgan fingerprint density at radius 1 is 1.37 bits per heavy atom. The standard InChI is InChI=1S/C15H19FO3/c16-14-5-3-13(4-6-14)15(17)2-1-8-18-10-12-7-9-19-11-12/h3-6,12H,1-2,7-11H2. The van der Waals surface area contributed by atoms with Gasteiger partial charge in [0.1, 0.15) is 5.82 Å². The topological polar surface area (TPSA) is 35.5 Å². The van der Waals surface area contributed by atoms with Crippen molar-refractivity contribution >= 4 is 5.78 Å². The lowest BCUT2D eigenvalue weighted by Crippen LogP contribution is -2.10. The minimum Gasteiger partial charge on any atom is -0.381 e. The molecule has 0 spiro atoms. The van der Waals surface area contributed by atoms with Crippen LogP contribution in [0.4, 0.5) is 4.39 Å². The molecule has 0 N–H and O–H groups in total. The minimum atomic E-state index is -0.321. The Balaban J connectivity index is 1.59. The average Bonchev–Trinajstić information content (AvgIpc) is 2.92. The number of carbonyl (C=O) groups excluding carboxylic acids is 1. The number of hydrogen-bond acceptors (Lipinski definition) is 3. The van der Waals surface area contributed by atoms with Gasteiger partial charge in [0.25, 0.3) is 0 Å². The summed E-state index contributed by atoms with van der Waals surface area (Å²) in [6.45, 7) is 2.92. The molecule has 1 fully saturated rings. The van der Waals surface area contributed by atoms with E-state index in [9.17, 15) is 9.18 Å². The number of rotatable bonds is 7. The quantitative estimate of drug-likeness (QED) is 0.562. The first kappa shape index (κ1) is 14.2. The summed E-state index contributed by atoms with van der Waals surface area (Å²) in [7, 11) is 0. The highest BCUT2D eigenvalue weighted by Crippen LogP contribution is 2.13. The molecule has 0 radical (unpaired) electrons. The van der Waals surface area contributed by atoms with E-state index in [1.54, 1.807) is 0 Å². The molecule has 1 aliphatic heterocycles. The summed E-state index contributed by atoms with van der Waals surface area (Å²) in [6, 6.07) is 5.66. The van der Waals surface area contributed by atoms with E-state index >= 15 is 0 Å². The molecule has 104 valence electrons. The highest BCUT2D eigenvalue weighted by Gasteiger charge is 2.15. The average molecular weight is 266 g/mol. The normalized spacial score (nSPS) is 18.7. The minimum absolute atomic E-state index is 0.0350. The molecule has 1 aromatic carbocycles. The van der Waals surface area contributed by atoms with Crippen LogP contribution >= 0.6 is 0 Å². The summed E-state index contributed by atoms with van der Waals surface area (Å²) in [5.74, 6) is 0.222. The van der Waals surface area contributed by atoms with E-state index < -0.39 is 0 Å². The van der Waals surface area contributed by atoms with Crippen LogP contribution in [-0.4, -0.2) is 32.2 Å². The van der Waals surface area contributed by atoms with E-state index in [0.29, 0.717) is 37.5 Å². The van der Waals surface area contributed by atoms with E-state index in [-0.39, 0.29) is 11.6 Å². The highest BCUT2D eigenvalue weighted by molar-refractivity contribution is 5.95. The molecule has 0 aliphatic carbocycles. The Morgan fingerprint density at radius 2 is 2.16 bits per heavy atom. The van der Waals surface area contributed by atoms with Gasteiger partial charge in [-0.3, -0.25) is 4.79 Å². The Hall–Kier alpha value is -1.26. The summed E-state index contributed by atoms with van der Waals surface area (Å²) in [5.41, 5.74) is 0.561. The molecule has 1 aromatic rings. The molecule has 1 saturated heterocycles. The van der Waals surface area contributed by atoms with Crippen LogP contribution in [0.25, 0.3) is 0 Å². The lowest BCUT2D eigenvalue weighted by molar-refractivity contribution is 0.0814. The molecule has 0 bridgehead atoms. The molecule has 1 heterocycles. The lowest BCUT2D eigenvalue weighted by atomic mass is 10.1. The van der Waals surface area contributed by atoms with Crippen molar-refractivity contribution in [3.05, 3.63) is 35.6 Å². The van der Waals surface area contributed by atoms with Crippen LogP contribution in [0.5, 0.6) is 0 Å². The summed E-state index contributed by atoms with van der Waals surface area (Å²) in [5, 5.41) is 0. The van der Waals surface area contributed by atoms with Crippen molar-refractivity contribution in [2.75, 3.05) is 26.4 Å². The van der Waals surface area contributed by atoms with E-state index in [4.69, 9.17) is 9.47 Å². The fraction of sp³-hybridized carbons (Fsp3) is 0.533. The van der Waals surface area contributed by atoms with E-state index in [0.717, 1.165) is 19.6 Å². The largest absolute Gasteiger partial charge is 0.381 e. The van der Waals surface area contributed by atoms with Crippen LogP contribution < -0.4 is 0 Å². The van der Waals surface area contributed by atoms with Gasteiger partial charge in [0.2, 0.25) is 0 Å². The summed E-state index contributed by atoms with van der Waals surface area (Å²) in [6.07, 6.45) is 2.20. The first-order chi connectivity index (χ1) is 9.25. The van der Waals surface area contributed by atoms with Crippen LogP contribution in [0.1, 0.15) is 29.6 Å². The predicted octanol–water partition coefficient (Wildman–Crippen LogP) is 2.84. The summed E-state index contributed by atoms with van der Waals surface area (Å²) < 4.78 is 23.5. The third kappa shape index (κ3) is 4.73. The van der Waals surface area contributed by atoms with Gasteiger partial charge in [-0.1, -0.05) is 0 Å². The number of Topliss-reactive ketones (excluding diaryl/α,β-unsaturated/α-hetero) is 1. The number of benzene rings is 1. The predicted molar refractivity (Wildman–Crippen MR) is 69.7 cm³/mol. The Bertz CT molecular complexity index is 396. The molecule has 1 aliphatic rings. The molecular weight excluding hydrogens is 247 g/mol. The van der Waals surface area contributed by atoms with Crippen molar-refractivity contribution in [2.24, 2.45) is 5.92 Å². The van der Waals surface area contributed by atoms with Crippen LogP contribution in [0.2, 0.25) is 0 Å². The van der Waals surface area contributed by atoms with Gasteiger partial charge >= 0.3 is 0 Å². The third-order valence-corrected chi connectivity index (χ3v) is 3.24. The molecule has 3 nitrogen and oxygen atoms in total. The molecular formula is C15H19FO3. The van der Waals surface area contributed by atoms with Crippen molar-refractivity contribution in [2.45, 2.75) is 19.3 Å². The first-order valence-electron chi connectivity index (χ1n) is 6.70. The molecule has 1 atom stereocenters. The number of halogens is 1. The van der Waals surface area contributed by atoms with Gasteiger partial charge in [0.05, 0.1) is 13.2 Å². The van der Waals surface area contributed by atoms with Crippen molar-refractivity contribution in [3.63, 3.8) is 0 Å². The van der Waals surface area contributed by atoms with Crippen LogP contribution in [0.3, 0.4) is 0 Å². The molecule has 0 saturated carbocycles. The van der Waals surface area contributed by atoms with Crippen molar-refractivity contribution in [1.82, 2.24) is 0 Å². The maximum absolute atomic E-state index is 12.7. The Morgan fingerprint density at radius 3 is 2.84 bits per heavy atom. The van der Waals surface area contributed by atoms with Gasteiger partial charge in [-0.2, -0.15) is 0 Å². The third-order valence-electron chi connectivity index (χ3n) is 3.24. The monoisotopic (exact) mass is 266 g/mol. The Kier molecular flexibility index (Phi) is 5.48. The second-order valence-corrected chi connectivity index (χ2v) is 4.84. The van der Waals surface area contributed by atoms with E-state index in [1.165, 1.54) is 24.3 Å². The smallest absolute Gasteiger partial charge is 0.162 e. The van der Waals surface area contributed by atoms with Gasteiger partial charge in [-0.25, -0.2) is 4.39 Å². The lowest BCUT2D eigenvalue weighted by Gasteiger charge is -2.08. The van der Waals surface area contributed by atoms with E-state index in [2.05, 4.69) is 0 Å². The van der Waals surface area contributed by atoms with Crippen molar-refractivity contribution in [3.8, 4) is 0 Å². The second kappa shape index (κ2) is 7.36. The number of ether oxygens (including phenoxy) is 2. The second-order valence-electron chi connectivity index (χ2n) is 4.84. The number of hydrogen-bond donors (Lipinski definition) is 0.